The minimum absolute atomic E-state index is 0.133. The molecule has 106 valence electrons. The maximum atomic E-state index is 10.9. The molecule has 0 amide bonds. The van der Waals surface area contributed by atoms with Crippen LogP contribution in [-0.2, 0) is 11.1 Å². The molecule has 0 saturated carbocycles. The summed E-state index contributed by atoms with van der Waals surface area (Å²) in [7, 11) is 0. The number of benzene rings is 2. The summed E-state index contributed by atoms with van der Waals surface area (Å²) in [6.45, 7) is 3.94. The lowest BCUT2D eigenvalue weighted by Gasteiger charge is -2.10. The summed E-state index contributed by atoms with van der Waals surface area (Å²) in [6, 6.07) is 13.7. The SMILES string of the molecule is CC(C)Oc1ccc(Oc2ccc(S(=O)O)cc2)cc1. The number of hydrogen-bond donors (Lipinski definition) is 1. The van der Waals surface area contributed by atoms with Gasteiger partial charge in [0, 0.05) is 0 Å². The summed E-state index contributed by atoms with van der Waals surface area (Å²) in [5.74, 6) is 2.08. The van der Waals surface area contributed by atoms with Crippen LogP contribution in [0.3, 0.4) is 0 Å². The van der Waals surface area contributed by atoms with Gasteiger partial charge in [-0.1, -0.05) is 0 Å². The predicted octanol–water partition coefficient (Wildman–Crippen LogP) is 3.85. The van der Waals surface area contributed by atoms with Crippen molar-refractivity contribution in [2.24, 2.45) is 0 Å². The van der Waals surface area contributed by atoms with Crippen LogP contribution >= 0.6 is 0 Å². The van der Waals surface area contributed by atoms with Gasteiger partial charge in [0.05, 0.1) is 11.0 Å². The summed E-state index contributed by atoms with van der Waals surface area (Å²) in [5.41, 5.74) is 0. The van der Waals surface area contributed by atoms with Gasteiger partial charge in [-0.25, -0.2) is 4.21 Å². The van der Waals surface area contributed by atoms with E-state index in [1.54, 1.807) is 24.3 Å². The van der Waals surface area contributed by atoms with Crippen LogP contribution in [0.2, 0.25) is 0 Å². The summed E-state index contributed by atoms with van der Waals surface area (Å²) >= 11 is -1.96. The van der Waals surface area contributed by atoms with Crippen LogP contribution in [0.5, 0.6) is 17.2 Å². The van der Waals surface area contributed by atoms with Crippen molar-refractivity contribution in [3.63, 3.8) is 0 Å². The Bertz CT molecular complexity index is 576. The molecular formula is C15H16O4S. The van der Waals surface area contributed by atoms with Gasteiger partial charge in [-0.3, -0.25) is 0 Å². The number of rotatable bonds is 5. The van der Waals surface area contributed by atoms with E-state index >= 15 is 0 Å². The lowest BCUT2D eigenvalue weighted by atomic mass is 10.3. The molecule has 0 aromatic heterocycles. The van der Waals surface area contributed by atoms with Crippen molar-refractivity contribution < 1.29 is 18.2 Å². The fraction of sp³-hybridized carbons (Fsp3) is 0.200. The second-order valence-electron chi connectivity index (χ2n) is 4.46. The molecular weight excluding hydrogens is 276 g/mol. The molecule has 0 aliphatic rings. The Balaban J connectivity index is 2.04. The molecule has 4 nitrogen and oxygen atoms in total. The Hall–Kier alpha value is -1.85. The van der Waals surface area contributed by atoms with Crippen LogP contribution in [-0.4, -0.2) is 14.9 Å². The lowest BCUT2D eigenvalue weighted by Crippen LogP contribution is -2.05. The third-order valence-electron chi connectivity index (χ3n) is 2.46. The van der Waals surface area contributed by atoms with Gasteiger partial charge in [0.2, 0.25) is 0 Å². The first-order chi connectivity index (χ1) is 9.54. The van der Waals surface area contributed by atoms with E-state index in [-0.39, 0.29) is 6.10 Å². The van der Waals surface area contributed by atoms with Gasteiger partial charge in [-0.05, 0) is 62.4 Å². The van der Waals surface area contributed by atoms with Crippen molar-refractivity contribution in [3.8, 4) is 17.2 Å². The standard InChI is InChI=1S/C15H16O4S/c1-11(2)18-12-3-5-13(6-4-12)19-14-7-9-15(10-8-14)20(16)17/h3-11H,1-2H3,(H,16,17). The normalized spacial score (nSPS) is 12.2. The molecule has 0 heterocycles. The van der Waals surface area contributed by atoms with E-state index in [0.29, 0.717) is 16.4 Å². The van der Waals surface area contributed by atoms with E-state index in [1.807, 2.05) is 38.1 Å². The Morgan fingerprint density at radius 1 is 0.900 bits per heavy atom. The van der Waals surface area contributed by atoms with Gasteiger partial charge in [0.25, 0.3) is 0 Å². The van der Waals surface area contributed by atoms with Crippen LogP contribution < -0.4 is 9.47 Å². The van der Waals surface area contributed by atoms with E-state index in [0.717, 1.165) is 5.75 Å². The molecule has 0 fully saturated rings. The minimum Gasteiger partial charge on any atom is -0.491 e. The number of ether oxygens (including phenoxy) is 2. The fourth-order valence-electron chi connectivity index (χ4n) is 1.62. The summed E-state index contributed by atoms with van der Waals surface area (Å²) < 4.78 is 31.0. The summed E-state index contributed by atoms with van der Waals surface area (Å²) in [6.07, 6.45) is 0.133. The monoisotopic (exact) mass is 292 g/mol. The zero-order valence-electron chi connectivity index (χ0n) is 11.3. The predicted molar refractivity (Wildman–Crippen MR) is 77.8 cm³/mol. The zero-order chi connectivity index (χ0) is 14.5. The molecule has 0 radical (unpaired) electrons. The van der Waals surface area contributed by atoms with Crippen LogP contribution in [0.4, 0.5) is 0 Å². The Labute approximate surface area is 120 Å². The highest BCUT2D eigenvalue weighted by atomic mass is 32.2. The average molecular weight is 292 g/mol. The molecule has 20 heavy (non-hydrogen) atoms. The topological polar surface area (TPSA) is 55.8 Å². The van der Waals surface area contributed by atoms with E-state index < -0.39 is 11.1 Å². The van der Waals surface area contributed by atoms with Gasteiger partial charge in [-0.15, -0.1) is 0 Å². The largest absolute Gasteiger partial charge is 0.491 e. The van der Waals surface area contributed by atoms with Crippen molar-refractivity contribution in [1.82, 2.24) is 0 Å². The maximum absolute atomic E-state index is 10.9. The van der Waals surface area contributed by atoms with Gasteiger partial charge in [0.15, 0.2) is 11.1 Å². The number of hydrogen-bond acceptors (Lipinski definition) is 3. The molecule has 0 aliphatic heterocycles. The summed E-state index contributed by atoms with van der Waals surface area (Å²) in [5, 5.41) is 0. The molecule has 1 unspecified atom stereocenters. The first-order valence-corrected chi connectivity index (χ1v) is 7.31. The molecule has 0 saturated heterocycles. The highest BCUT2D eigenvalue weighted by Crippen LogP contribution is 2.24. The fourth-order valence-corrected chi connectivity index (χ4v) is 1.99. The van der Waals surface area contributed by atoms with Gasteiger partial charge >= 0.3 is 0 Å². The van der Waals surface area contributed by atoms with E-state index in [1.165, 1.54) is 0 Å². The summed E-state index contributed by atoms with van der Waals surface area (Å²) in [4.78, 5) is 0.345. The molecule has 2 aromatic rings. The molecule has 5 heteroatoms. The molecule has 0 bridgehead atoms. The van der Waals surface area contributed by atoms with Crippen LogP contribution in [0.1, 0.15) is 13.8 Å². The zero-order valence-corrected chi connectivity index (χ0v) is 12.1. The van der Waals surface area contributed by atoms with E-state index in [9.17, 15) is 4.21 Å². The molecule has 0 spiro atoms. The van der Waals surface area contributed by atoms with Crippen molar-refractivity contribution in [1.29, 1.82) is 0 Å². The van der Waals surface area contributed by atoms with Gasteiger partial charge in [-0.2, -0.15) is 0 Å². The van der Waals surface area contributed by atoms with Crippen molar-refractivity contribution in [2.45, 2.75) is 24.8 Å². The molecule has 1 N–H and O–H groups in total. The van der Waals surface area contributed by atoms with Gasteiger partial charge < -0.3 is 14.0 Å². The van der Waals surface area contributed by atoms with Crippen molar-refractivity contribution in [3.05, 3.63) is 48.5 Å². The van der Waals surface area contributed by atoms with E-state index in [4.69, 9.17) is 14.0 Å². The average Bonchev–Trinajstić information content (AvgIpc) is 2.41. The second-order valence-corrected chi connectivity index (χ2v) is 5.43. The maximum Gasteiger partial charge on any atom is 0.186 e. The second kappa shape index (κ2) is 6.54. The minimum atomic E-state index is -1.96. The first kappa shape index (κ1) is 14.6. The third-order valence-corrected chi connectivity index (χ3v) is 3.13. The van der Waals surface area contributed by atoms with Crippen LogP contribution in [0.25, 0.3) is 0 Å². The third kappa shape index (κ3) is 4.08. The lowest BCUT2D eigenvalue weighted by molar-refractivity contribution is 0.242. The molecule has 2 rings (SSSR count). The van der Waals surface area contributed by atoms with Crippen molar-refractivity contribution >= 4 is 11.1 Å². The Kier molecular flexibility index (Phi) is 4.76. The molecule has 2 aromatic carbocycles. The smallest absolute Gasteiger partial charge is 0.186 e. The van der Waals surface area contributed by atoms with E-state index in [2.05, 4.69) is 0 Å². The van der Waals surface area contributed by atoms with Crippen LogP contribution in [0.15, 0.2) is 53.4 Å². The van der Waals surface area contributed by atoms with Gasteiger partial charge in [0.1, 0.15) is 17.2 Å². The van der Waals surface area contributed by atoms with Crippen LogP contribution in [0, 0.1) is 0 Å². The molecule has 0 aliphatic carbocycles. The highest BCUT2D eigenvalue weighted by molar-refractivity contribution is 7.79. The Morgan fingerprint density at radius 2 is 1.35 bits per heavy atom. The first-order valence-electron chi connectivity index (χ1n) is 6.20. The quantitative estimate of drug-likeness (QED) is 0.850. The van der Waals surface area contributed by atoms with Crippen molar-refractivity contribution in [2.75, 3.05) is 0 Å². The Morgan fingerprint density at radius 3 is 1.80 bits per heavy atom. The highest BCUT2D eigenvalue weighted by Gasteiger charge is 2.02. The molecule has 1 atom stereocenters.